The van der Waals surface area contributed by atoms with Crippen molar-refractivity contribution in [3.63, 3.8) is 0 Å². The molecule has 0 aliphatic heterocycles. The fourth-order valence-electron chi connectivity index (χ4n) is 1.49. The highest BCUT2D eigenvalue weighted by Crippen LogP contribution is 2.23. The summed E-state index contributed by atoms with van der Waals surface area (Å²) < 4.78 is 13.6. The molecule has 0 saturated heterocycles. The average Bonchev–Trinajstić information content (AvgIpc) is 2.25. The summed E-state index contributed by atoms with van der Waals surface area (Å²) in [6.45, 7) is 1.20. The fourth-order valence-corrected chi connectivity index (χ4v) is 1.95. The molecule has 2 nitrogen and oxygen atoms in total. The summed E-state index contributed by atoms with van der Waals surface area (Å²) >= 11 is 1.75. The number of para-hydroxylation sites is 1. The molecule has 15 heavy (non-hydrogen) atoms. The van der Waals surface area contributed by atoms with Crippen LogP contribution in [0.2, 0.25) is 0 Å². The molecule has 4 heteroatoms. The van der Waals surface area contributed by atoms with Crippen LogP contribution in [0, 0.1) is 5.82 Å². The Hall–Kier alpha value is -0.740. The molecule has 0 unspecified atom stereocenters. The SMILES string of the molecule is CSCCN(C)c1c(F)cccc1CN. The van der Waals surface area contributed by atoms with Crippen LogP contribution in [0.5, 0.6) is 0 Å². The van der Waals surface area contributed by atoms with E-state index >= 15 is 0 Å². The predicted octanol–water partition coefficient (Wildman–Crippen LogP) is 2.08. The van der Waals surface area contributed by atoms with Crippen molar-refractivity contribution in [3.05, 3.63) is 29.6 Å². The summed E-state index contributed by atoms with van der Waals surface area (Å²) in [5.41, 5.74) is 7.08. The van der Waals surface area contributed by atoms with E-state index in [-0.39, 0.29) is 5.82 Å². The van der Waals surface area contributed by atoms with Crippen molar-refractivity contribution in [2.24, 2.45) is 5.73 Å². The second kappa shape index (κ2) is 5.98. The van der Waals surface area contributed by atoms with Gasteiger partial charge < -0.3 is 10.6 Å². The smallest absolute Gasteiger partial charge is 0.146 e. The Morgan fingerprint density at radius 1 is 1.47 bits per heavy atom. The molecular weight excluding hydrogens is 211 g/mol. The van der Waals surface area contributed by atoms with Gasteiger partial charge in [-0.15, -0.1) is 0 Å². The number of nitrogens with zero attached hydrogens (tertiary/aromatic N) is 1. The van der Waals surface area contributed by atoms with Crippen molar-refractivity contribution in [2.75, 3.05) is 30.5 Å². The van der Waals surface area contributed by atoms with Crippen LogP contribution in [0.15, 0.2) is 18.2 Å². The molecule has 1 aromatic carbocycles. The summed E-state index contributed by atoms with van der Waals surface area (Å²) in [4.78, 5) is 1.92. The normalized spacial score (nSPS) is 10.4. The molecule has 0 aliphatic rings. The van der Waals surface area contributed by atoms with E-state index in [0.717, 1.165) is 17.9 Å². The first kappa shape index (κ1) is 12.3. The molecule has 84 valence electrons. The minimum atomic E-state index is -0.193. The minimum Gasteiger partial charge on any atom is -0.371 e. The second-order valence-corrected chi connectivity index (χ2v) is 4.35. The Morgan fingerprint density at radius 2 is 2.20 bits per heavy atom. The Balaban J connectivity index is 2.90. The van der Waals surface area contributed by atoms with Crippen molar-refractivity contribution in [2.45, 2.75) is 6.54 Å². The molecule has 2 N–H and O–H groups in total. The average molecular weight is 228 g/mol. The summed E-state index contributed by atoms with van der Waals surface area (Å²) in [5, 5.41) is 0. The minimum absolute atomic E-state index is 0.193. The highest BCUT2D eigenvalue weighted by molar-refractivity contribution is 7.98. The van der Waals surface area contributed by atoms with Gasteiger partial charge in [0.2, 0.25) is 0 Å². The molecular formula is C11H17FN2S. The van der Waals surface area contributed by atoms with Gasteiger partial charge >= 0.3 is 0 Å². The molecule has 0 bridgehead atoms. The first-order chi connectivity index (χ1) is 7.20. The third kappa shape index (κ3) is 3.11. The van der Waals surface area contributed by atoms with Crippen molar-refractivity contribution in [1.29, 1.82) is 0 Å². The predicted molar refractivity (Wildman–Crippen MR) is 65.9 cm³/mol. The van der Waals surface area contributed by atoms with Crippen molar-refractivity contribution in [1.82, 2.24) is 0 Å². The third-order valence-electron chi connectivity index (χ3n) is 2.30. The summed E-state index contributed by atoms with van der Waals surface area (Å²) in [5.74, 6) is 0.788. The zero-order valence-corrected chi connectivity index (χ0v) is 9.98. The van der Waals surface area contributed by atoms with Gasteiger partial charge in [0.05, 0.1) is 5.69 Å². The zero-order chi connectivity index (χ0) is 11.3. The van der Waals surface area contributed by atoms with Gasteiger partial charge in [-0.1, -0.05) is 12.1 Å². The lowest BCUT2D eigenvalue weighted by Crippen LogP contribution is -2.23. The molecule has 0 radical (unpaired) electrons. The second-order valence-electron chi connectivity index (χ2n) is 3.37. The van der Waals surface area contributed by atoms with Crippen LogP contribution >= 0.6 is 11.8 Å². The first-order valence-electron chi connectivity index (χ1n) is 4.88. The van der Waals surface area contributed by atoms with Gasteiger partial charge in [-0.3, -0.25) is 0 Å². The number of hydrogen-bond acceptors (Lipinski definition) is 3. The number of halogens is 1. The largest absolute Gasteiger partial charge is 0.371 e. The Morgan fingerprint density at radius 3 is 2.80 bits per heavy atom. The van der Waals surface area contributed by atoms with E-state index in [1.54, 1.807) is 17.8 Å². The van der Waals surface area contributed by atoms with Crippen LogP contribution in [-0.2, 0) is 6.54 Å². The summed E-state index contributed by atoms with van der Waals surface area (Å²) in [7, 11) is 1.90. The van der Waals surface area contributed by atoms with Crippen molar-refractivity contribution >= 4 is 17.4 Å². The molecule has 0 fully saturated rings. The number of nitrogens with two attached hydrogens (primary N) is 1. The Kier molecular flexibility index (Phi) is 4.91. The van der Waals surface area contributed by atoms with E-state index in [4.69, 9.17) is 5.73 Å². The lowest BCUT2D eigenvalue weighted by molar-refractivity contribution is 0.621. The molecule has 1 aromatic rings. The fraction of sp³-hybridized carbons (Fsp3) is 0.455. The number of rotatable bonds is 5. The number of thioether (sulfide) groups is 1. The van der Waals surface area contributed by atoms with Gasteiger partial charge in [-0.2, -0.15) is 11.8 Å². The van der Waals surface area contributed by atoms with Crippen LogP contribution in [0.25, 0.3) is 0 Å². The molecule has 0 saturated carbocycles. The van der Waals surface area contributed by atoms with E-state index in [2.05, 4.69) is 0 Å². The van der Waals surface area contributed by atoms with Gasteiger partial charge in [0.25, 0.3) is 0 Å². The summed E-state index contributed by atoms with van der Waals surface area (Å²) in [6, 6.07) is 5.04. The van der Waals surface area contributed by atoms with Crippen LogP contribution in [0.1, 0.15) is 5.56 Å². The topological polar surface area (TPSA) is 29.3 Å². The number of hydrogen-bond donors (Lipinski definition) is 1. The van der Waals surface area contributed by atoms with E-state index in [1.807, 2.05) is 24.3 Å². The van der Waals surface area contributed by atoms with Crippen LogP contribution in [-0.4, -0.2) is 25.6 Å². The van der Waals surface area contributed by atoms with Gasteiger partial charge in [0.15, 0.2) is 0 Å². The Bertz CT molecular complexity index is 317. The highest BCUT2D eigenvalue weighted by atomic mass is 32.2. The monoisotopic (exact) mass is 228 g/mol. The van der Waals surface area contributed by atoms with Crippen molar-refractivity contribution < 1.29 is 4.39 Å². The van der Waals surface area contributed by atoms with E-state index < -0.39 is 0 Å². The van der Waals surface area contributed by atoms with Gasteiger partial charge in [0, 0.05) is 25.9 Å². The highest BCUT2D eigenvalue weighted by Gasteiger charge is 2.11. The number of anilines is 1. The maximum absolute atomic E-state index is 13.6. The third-order valence-corrected chi connectivity index (χ3v) is 2.89. The van der Waals surface area contributed by atoms with E-state index in [1.165, 1.54) is 6.07 Å². The van der Waals surface area contributed by atoms with E-state index in [0.29, 0.717) is 12.2 Å². The molecule has 0 aliphatic carbocycles. The molecule has 0 amide bonds. The zero-order valence-electron chi connectivity index (χ0n) is 9.16. The van der Waals surface area contributed by atoms with Gasteiger partial charge in [-0.05, 0) is 17.9 Å². The molecule has 1 rings (SSSR count). The van der Waals surface area contributed by atoms with Crippen LogP contribution in [0.3, 0.4) is 0 Å². The van der Waals surface area contributed by atoms with Crippen LogP contribution in [0.4, 0.5) is 10.1 Å². The Labute approximate surface area is 94.6 Å². The quantitative estimate of drug-likeness (QED) is 0.836. The molecule has 0 aromatic heterocycles. The lowest BCUT2D eigenvalue weighted by Gasteiger charge is -2.22. The van der Waals surface area contributed by atoms with Crippen molar-refractivity contribution in [3.8, 4) is 0 Å². The molecule has 0 spiro atoms. The van der Waals surface area contributed by atoms with Crippen LogP contribution < -0.4 is 10.6 Å². The molecule has 0 heterocycles. The van der Waals surface area contributed by atoms with Gasteiger partial charge in [0.1, 0.15) is 5.82 Å². The maximum atomic E-state index is 13.6. The lowest BCUT2D eigenvalue weighted by atomic mass is 10.1. The van der Waals surface area contributed by atoms with Gasteiger partial charge in [-0.25, -0.2) is 4.39 Å². The molecule has 0 atom stereocenters. The van der Waals surface area contributed by atoms with E-state index in [9.17, 15) is 4.39 Å². The maximum Gasteiger partial charge on any atom is 0.146 e. The first-order valence-corrected chi connectivity index (χ1v) is 6.27. The standard InChI is InChI=1S/C11H17FN2S/c1-14(6-7-15-2)11-9(8-13)4-3-5-10(11)12/h3-5H,6-8,13H2,1-2H3. The summed E-state index contributed by atoms with van der Waals surface area (Å²) in [6.07, 6.45) is 2.04. The number of benzene rings is 1.